The first-order chi connectivity index (χ1) is 17.1. The highest BCUT2D eigenvalue weighted by molar-refractivity contribution is 6.04. The third-order valence-electron chi connectivity index (χ3n) is 6.24. The second-order valence-electron chi connectivity index (χ2n) is 8.80. The lowest BCUT2D eigenvalue weighted by Crippen LogP contribution is -2.43. The number of fused-ring (bicyclic) bond motifs is 1. The quantitative estimate of drug-likeness (QED) is 0.408. The number of piperazine rings is 1. The average molecular weight is 474 g/mol. The number of carbonyl (C=O) groups is 1. The fraction of sp³-hybridized carbons (Fsp3) is 0.333. The minimum atomic E-state index is -0.599. The predicted octanol–water partition coefficient (Wildman–Crippen LogP) is 3.11. The Labute approximate surface area is 200 Å². The average Bonchev–Trinajstić information content (AvgIpc) is 3.65. The van der Waals surface area contributed by atoms with E-state index in [1.165, 1.54) is 6.92 Å². The van der Waals surface area contributed by atoms with Gasteiger partial charge >= 0.3 is 0 Å². The van der Waals surface area contributed by atoms with Gasteiger partial charge in [0.05, 0.1) is 35.2 Å². The van der Waals surface area contributed by atoms with E-state index in [-0.39, 0.29) is 23.5 Å². The molecule has 1 aliphatic heterocycles. The molecule has 0 aromatic carbocycles. The van der Waals surface area contributed by atoms with Crippen LogP contribution in [-0.4, -0.2) is 61.7 Å². The Balaban J connectivity index is 1.28. The Bertz CT molecular complexity index is 1410. The first-order valence-corrected chi connectivity index (χ1v) is 11.7. The summed E-state index contributed by atoms with van der Waals surface area (Å²) in [6, 6.07) is 7.48. The summed E-state index contributed by atoms with van der Waals surface area (Å²) in [6.45, 7) is 5.29. The number of nitrogens with one attached hydrogen (secondary N) is 2. The van der Waals surface area contributed by atoms with Gasteiger partial charge in [0, 0.05) is 33.1 Å². The van der Waals surface area contributed by atoms with Crippen molar-refractivity contribution in [3.05, 3.63) is 48.2 Å². The van der Waals surface area contributed by atoms with Gasteiger partial charge in [-0.05, 0) is 37.1 Å². The number of halogens is 1. The van der Waals surface area contributed by atoms with E-state index in [1.54, 1.807) is 23.0 Å². The molecule has 2 aliphatic rings. The lowest BCUT2D eigenvalue weighted by Gasteiger charge is -2.29. The van der Waals surface area contributed by atoms with Crippen molar-refractivity contribution in [2.75, 3.05) is 36.4 Å². The van der Waals surface area contributed by atoms with Crippen LogP contribution in [0.25, 0.3) is 22.4 Å². The van der Waals surface area contributed by atoms with E-state index >= 15 is 0 Å². The summed E-state index contributed by atoms with van der Waals surface area (Å²) in [4.78, 5) is 31.9. The number of carbonyl (C=O) groups excluding carboxylic acids is 1. The van der Waals surface area contributed by atoms with E-state index in [4.69, 9.17) is 0 Å². The summed E-state index contributed by atoms with van der Waals surface area (Å²) in [5.74, 6) is 0.0970. The van der Waals surface area contributed by atoms with E-state index in [1.807, 2.05) is 12.1 Å². The second-order valence-corrected chi connectivity index (χ2v) is 8.80. The highest BCUT2D eigenvalue weighted by atomic mass is 19.1. The van der Waals surface area contributed by atoms with Crippen molar-refractivity contribution in [3.63, 3.8) is 0 Å². The highest BCUT2D eigenvalue weighted by Gasteiger charge is 2.30. The molecule has 1 saturated heterocycles. The Kier molecular flexibility index (Phi) is 5.33. The van der Waals surface area contributed by atoms with Crippen LogP contribution in [0.3, 0.4) is 0 Å². The zero-order chi connectivity index (χ0) is 23.9. The molecule has 0 radical (unpaired) electrons. The molecule has 6 rings (SSSR count). The van der Waals surface area contributed by atoms with E-state index in [0.717, 1.165) is 50.9 Å². The molecule has 0 amide bonds. The normalized spacial score (nSPS) is 16.0. The van der Waals surface area contributed by atoms with Crippen LogP contribution >= 0.6 is 0 Å². The minimum absolute atomic E-state index is 0.0483. The summed E-state index contributed by atoms with van der Waals surface area (Å²) in [6.07, 6.45) is 4.88. The molecule has 0 bridgehead atoms. The topological polar surface area (TPSA) is 114 Å². The van der Waals surface area contributed by atoms with Crippen LogP contribution in [0.5, 0.6) is 0 Å². The molecule has 1 saturated carbocycles. The van der Waals surface area contributed by atoms with Gasteiger partial charge in [0.25, 0.3) is 0 Å². The van der Waals surface area contributed by atoms with E-state index in [0.29, 0.717) is 28.2 Å². The minimum Gasteiger partial charge on any atom is -0.368 e. The fourth-order valence-electron chi connectivity index (χ4n) is 4.34. The van der Waals surface area contributed by atoms with Crippen LogP contribution in [0.15, 0.2) is 36.7 Å². The first-order valence-electron chi connectivity index (χ1n) is 11.7. The summed E-state index contributed by atoms with van der Waals surface area (Å²) in [5.41, 5.74) is 2.36. The van der Waals surface area contributed by atoms with Gasteiger partial charge < -0.3 is 15.5 Å². The van der Waals surface area contributed by atoms with Crippen LogP contribution in [0.4, 0.5) is 21.8 Å². The van der Waals surface area contributed by atoms with Crippen LogP contribution in [0, 0.1) is 5.82 Å². The summed E-state index contributed by atoms with van der Waals surface area (Å²) in [7, 11) is 0. The molecule has 178 valence electrons. The van der Waals surface area contributed by atoms with Gasteiger partial charge in [0.2, 0.25) is 5.95 Å². The van der Waals surface area contributed by atoms with Gasteiger partial charge in [-0.15, -0.1) is 0 Å². The molecule has 4 aromatic rings. The Hall–Kier alpha value is -3.99. The van der Waals surface area contributed by atoms with Crippen LogP contribution in [0.2, 0.25) is 0 Å². The molecular weight excluding hydrogens is 449 g/mol. The van der Waals surface area contributed by atoms with Gasteiger partial charge in [-0.2, -0.15) is 5.10 Å². The number of anilines is 3. The summed E-state index contributed by atoms with van der Waals surface area (Å²) >= 11 is 0. The molecule has 2 fully saturated rings. The second kappa shape index (κ2) is 8.66. The maximum absolute atomic E-state index is 14.7. The Morgan fingerprint density at radius 2 is 1.91 bits per heavy atom. The molecule has 0 atom stereocenters. The lowest BCUT2D eigenvalue weighted by molar-refractivity contribution is 0.100. The van der Waals surface area contributed by atoms with Crippen molar-refractivity contribution in [1.82, 2.24) is 35.0 Å². The number of hydrogen-bond donors (Lipinski definition) is 2. The molecule has 11 heteroatoms. The van der Waals surface area contributed by atoms with Crippen molar-refractivity contribution in [1.29, 1.82) is 0 Å². The molecule has 10 nitrogen and oxygen atoms in total. The third kappa shape index (κ3) is 4.18. The molecule has 1 aliphatic carbocycles. The zero-order valence-corrected chi connectivity index (χ0v) is 19.2. The molecule has 0 spiro atoms. The largest absolute Gasteiger partial charge is 0.368 e. The molecular formula is C24H24FN9O. The third-order valence-corrected chi connectivity index (χ3v) is 6.24. The lowest BCUT2D eigenvalue weighted by atomic mass is 10.1. The van der Waals surface area contributed by atoms with E-state index in [9.17, 15) is 9.18 Å². The molecule has 5 heterocycles. The van der Waals surface area contributed by atoms with Gasteiger partial charge in [-0.3, -0.25) is 9.48 Å². The molecule has 2 N–H and O–H groups in total. The SMILES string of the molecule is CC(=O)c1c2ccc(-c3nc(Nc4ccc(N5CCNCC5)cn4)ncc3F)nc2nn1C1CC1. The van der Waals surface area contributed by atoms with Gasteiger partial charge in [0.1, 0.15) is 17.2 Å². The summed E-state index contributed by atoms with van der Waals surface area (Å²) < 4.78 is 16.5. The zero-order valence-electron chi connectivity index (χ0n) is 19.2. The number of Topliss-reactive ketones (excluding diaryl/α,β-unsaturated/α-hetero) is 1. The highest BCUT2D eigenvalue weighted by Crippen LogP contribution is 2.37. The fourth-order valence-corrected chi connectivity index (χ4v) is 4.34. The van der Waals surface area contributed by atoms with E-state index < -0.39 is 5.82 Å². The van der Waals surface area contributed by atoms with Crippen molar-refractivity contribution in [2.45, 2.75) is 25.8 Å². The summed E-state index contributed by atoms with van der Waals surface area (Å²) in [5, 5.41) is 11.6. The van der Waals surface area contributed by atoms with Gasteiger partial charge in [-0.1, -0.05) is 0 Å². The number of nitrogens with zero attached hydrogens (tertiary/aromatic N) is 7. The first kappa shape index (κ1) is 21.5. The molecule has 0 unspecified atom stereocenters. The number of aromatic nitrogens is 6. The van der Waals surface area contributed by atoms with Crippen molar-refractivity contribution in [3.8, 4) is 11.4 Å². The molecule has 35 heavy (non-hydrogen) atoms. The number of pyridine rings is 2. The van der Waals surface area contributed by atoms with Crippen LogP contribution < -0.4 is 15.5 Å². The van der Waals surface area contributed by atoms with Crippen LogP contribution in [-0.2, 0) is 0 Å². The standard InChI is InChI=1S/C24H24FN9O/c1-14(35)22-17-5-6-19(29-23(17)32-34(22)15-2-3-15)21-18(25)13-28-24(31-21)30-20-7-4-16(12-27-20)33-10-8-26-9-11-33/h4-7,12-13,15,26H,2-3,8-11H2,1H3,(H,27,28,30,31). The Morgan fingerprint density at radius 3 is 2.63 bits per heavy atom. The maximum atomic E-state index is 14.7. The van der Waals surface area contributed by atoms with Crippen molar-refractivity contribution >= 4 is 34.3 Å². The van der Waals surface area contributed by atoms with Gasteiger partial charge in [0.15, 0.2) is 17.2 Å². The smallest absolute Gasteiger partial charge is 0.229 e. The number of ketones is 1. The van der Waals surface area contributed by atoms with Crippen molar-refractivity contribution < 1.29 is 9.18 Å². The van der Waals surface area contributed by atoms with E-state index in [2.05, 4.69) is 40.6 Å². The predicted molar refractivity (Wildman–Crippen MR) is 129 cm³/mol. The number of hydrogen-bond acceptors (Lipinski definition) is 9. The van der Waals surface area contributed by atoms with Crippen LogP contribution in [0.1, 0.15) is 36.3 Å². The van der Waals surface area contributed by atoms with Gasteiger partial charge in [-0.25, -0.2) is 24.3 Å². The maximum Gasteiger partial charge on any atom is 0.229 e. The van der Waals surface area contributed by atoms with Crippen molar-refractivity contribution in [2.24, 2.45) is 0 Å². The molecule has 4 aromatic heterocycles. The number of rotatable bonds is 6. The Morgan fingerprint density at radius 1 is 1.09 bits per heavy atom. The monoisotopic (exact) mass is 473 g/mol.